The van der Waals surface area contributed by atoms with E-state index in [4.69, 9.17) is 0 Å². The van der Waals surface area contributed by atoms with Gasteiger partial charge >= 0.3 is 37.7 Å². The van der Waals surface area contributed by atoms with Crippen LogP contribution in [-0.2, 0) is 0 Å². The zero-order chi connectivity index (χ0) is 11.2. The summed E-state index contributed by atoms with van der Waals surface area (Å²) < 4.78 is 0. The predicted molar refractivity (Wildman–Crippen MR) is 64.6 cm³/mol. The van der Waals surface area contributed by atoms with Gasteiger partial charge in [0, 0.05) is 0 Å². The van der Waals surface area contributed by atoms with E-state index in [0.717, 1.165) is 12.8 Å². The molecular formula is C12H24Li2N2. The van der Waals surface area contributed by atoms with Crippen LogP contribution in [-0.4, -0.2) is 11.1 Å². The molecule has 16 heavy (non-hydrogen) atoms. The van der Waals surface area contributed by atoms with Crippen molar-refractivity contribution in [1.29, 1.82) is 0 Å². The van der Waals surface area contributed by atoms with Crippen LogP contribution in [0.15, 0.2) is 12.4 Å². The van der Waals surface area contributed by atoms with Crippen molar-refractivity contribution >= 4 is 0 Å². The van der Waals surface area contributed by atoms with E-state index in [2.05, 4.69) is 52.2 Å². The van der Waals surface area contributed by atoms with Gasteiger partial charge in [0.15, 0.2) is 0 Å². The van der Waals surface area contributed by atoms with Crippen molar-refractivity contribution in [1.82, 2.24) is 0 Å². The van der Waals surface area contributed by atoms with E-state index in [1.165, 1.54) is 0 Å². The zero-order valence-electron chi connectivity index (χ0n) is 12.5. The standard InChI is InChI=1S/C12H24N2.2Li/c1-7-11(3,4)13-9-10-14-12(5,6)8-2;;/h9-10H,7-8H2,1-6H3;;/q-2;2*+1. The topological polar surface area (TPSA) is 28.2 Å². The Hall–Kier alpha value is 0.535. The minimum absolute atomic E-state index is 0. The number of rotatable bonds is 6. The fourth-order valence-corrected chi connectivity index (χ4v) is 0.653. The smallest absolute Gasteiger partial charge is 0.687 e. The minimum Gasteiger partial charge on any atom is -0.687 e. The average molecular weight is 210 g/mol. The second kappa shape index (κ2) is 9.55. The number of hydrogen-bond donors (Lipinski definition) is 0. The van der Waals surface area contributed by atoms with Crippen molar-refractivity contribution in [3.8, 4) is 0 Å². The fraction of sp³-hybridized carbons (Fsp3) is 0.833. The molecule has 0 saturated heterocycles. The van der Waals surface area contributed by atoms with E-state index in [0.29, 0.717) is 0 Å². The van der Waals surface area contributed by atoms with Crippen LogP contribution >= 0.6 is 0 Å². The second-order valence-electron chi connectivity index (χ2n) is 4.89. The van der Waals surface area contributed by atoms with Gasteiger partial charge < -0.3 is 10.6 Å². The zero-order valence-corrected chi connectivity index (χ0v) is 12.5. The molecule has 2 nitrogen and oxygen atoms in total. The number of hydrogen-bond acceptors (Lipinski definition) is 0. The third-order valence-electron chi connectivity index (χ3n) is 2.65. The van der Waals surface area contributed by atoms with Crippen LogP contribution in [0.2, 0.25) is 0 Å². The number of nitrogens with zero attached hydrogens (tertiary/aromatic N) is 2. The normalized spacial score (nSPS) is 11.6. The molecule has 0 bridgehead atoms. The van der Waals surface area contributed by atoms with Gasteiger partial charge in [-0.25, -0.2) is 12.4 Å². The van der Waals surface area contributed by atoms with Gasteiger partial charge in [0.1, 0.15) is 0 Å². The maximum atomic E-state index is 4.44. The van der Waals surface area contributed by atoms with Gasteiger partial charge in [0.05, 0.1) is 0 Å². The molecule has 0 atom stereocenters. The first-order chi connectivity index (χ1) is 6.33. The average Bonchev–Trinajstić information content (AvgIpc) is 2.13. The molecule has 0 spiro atoms. The fourth-order valence-electron chi connectivity index (χ4n) is 0.653. The Labute approximate surface area is 126 Å². The molecule has 0 aromatic carbocycles. The van der Waals surface area contributed by atoms with Gasteiger partial charge in [-0.2, -0.15) is 0 Å². The van der Waals surface area contributed by atoms with Crippen LogP contribution in [0.1, 0.15) is 54.4 Å². The Morgan fingerprint density at radius 3 is 1.19 bits per heavy atom. The van der Waals surface area contributed by atoms with E-state index in [1.807, 2.05) is 12.4 Å². The first kappa shape index (κ1) is 21.8. The van der Waals surface area contributed by atoms with Crippen LogP contribution in [0.3, 0.4) is 0 Å². The molecule has 0 aliphatic heterocycles. The minimum atomic E-state index is 0. The van der Waals surface area contributed by atoms with Gasteiger partial charge in [0.2, 0.25) is 0 Å². The first-order valence-corrected chi connectivity index (χ1v) is 5.42. The maximum Gasteiger partial charge on any atom is 1.00 e. The summed E-state index contributed by atoms with van der Waals surface area (Å²) in [7, 11) is 0. The van der Waals surface area contributed by atoms with E-state index < -0.39 is 0 Å². The molecule has 0 aliphatic carbocycles. The summed E-state index contributed by atoms with van der Waals surface area (Å²) in [5, 5.41) is 8.88. The van der Waals surface area contributed by atoms with Crippen molar-refractivity contribution < 1.29 is 37.7 Å². The summed E-state index contributed by atoms with van der Waals surface area (Å²) in [6.07, 6.45) is 5.74. The van der Waals surface area contributed by atoms with Gasteiger partial charge in [-0.3, -0.25) is 0 Å². The predicted octanol–water partition coefficient (Wildman–Crippen LogP) is -1.41. The Bertz CT molecular complexity index is 169. The molecule has 0 saturated carbocycles. The molecule has 84 valence electrons. The molecule has 4 heteroatoms. The van der Waals surface area contributed by atoms with Crippen LogP contribution in [0.25, 0.3) is 10.6 Å². The van der Waals surface area contributed by atoms with Crippen LogP contribution in [0.5, 0.6) is 0 Å². The van der Waals surface area contributed by atoms with E-state index in [9.17, 15) is 0 Å². The van der Waals surface area contributed by atoms with Crippen molar-refractivity contribution in [2.75, 3.05) is 0 Å². The summed E-state index contributed by atoms with van der Waals surface area (Å²) in [6, 6.07) is 0. The van der Waals surface area contributed by atoms with E-state index in [-0.39, 0.29) is 48.8 Å². The molecule has 0 unspecified atom stereocenters. The Kier molecular flexibility index (Phi) is 13.0. The monoisotopic (exact) mass is 210 g/mol. The third kappa shape index (κ3) is 11.0. The molecule has 0 rings (SSSR count). The van der Waals surface area contributed by atoms with Gasteiger partial charge in [-0.1, -0.05) is 54.4 Å². The van der Waals surface area contributed by atoms with Gasteiger partial charge in [-0.15, -0.1) is 11.1 Å². The molecule has 0 heterocycles. The van der Waals surface area contributed by atoms with Crippen molar-refractivity contribution in [3.63, 3.8) is 0 Å². The summed E-state index contributed by atoms with van der Waals surface area (Å²) in [5.74, 6) is 0. The summed E-state index contributed by atoms with van der Waals surface area (Å²) in [5.41, 5.74) is 0.0881. The van der Waals surface area contributed by atoms with Crippen LogP contribution < -0.4 is 37.7 Å². The van der Waals surface area contributed by atoms with E-state index in [1.54, 1.807) is 0 Å². The second-order valence-corrected chi connectivity index (χ2v) is 4.89. The maximum absolute atomic E-state index is 4.44. The summed E-state index contributed by atoms with van der Waals surface area (Å²) in [4.78, 5) is 0. The van der Waals surface area contributed by atoms with Crippen molar-refractivity contribution in [2.24, 2.45) is 0 Å². The first-order valence-electron chi connectivity index (χ1n) is 5.42. The molecule has 0 fully saturated rings. The molecule has 0 aliphatic rings. The molecule has 0 aromatic rings. The molecular weight excluding hydrogens is 186 g/mol. The summed E-state index contributed by atoms with van der Waals surface area (Å²) in [6.45, 7) is 12.8. The SMILES string of the molecule is CCC(C)(C)[N-]C=C[N-]C(C)(C)CC.[Li+].[Li+]. The van der Waals surface area contributed by atoms with Crippen molar-refractivity contribution in [3.05, 3.63) is 23.0 Å². The molecule has 0 aromatic heterocycles. The Morgan fingerprint density at radius 1 is 0.750 bits per heavy atom. The molecule has 0 radical (unpaired) electrons. The largest absolute Gasteiger partial charge is 1.00 e. The van der Waals surface area contributed by atoms with Crippen LogP contribution in [0.4, 0.5) is 0 Å². The molecule has 0 amide bonds. The van der Waals surface area contributed by atoms with Crippen LogP contribution in [0, 0.1) is 0 Å². The van der Waals surface area contributed by atoms with Crippen molar-refractivity contribution in [2.45, 2.75) is 65.5 Å². The van der Waals surface area contributed by atoms with Gasteiger partial charge in [-0.05, 0) is 0 Å². The molecule has 0 N–H and O–H groups in total. The Balaban J connectivity index is -0.000000845. The third-order valence-corrected chi connectivity index (χ3v) is 2.65. The van der Waals surface area contributed by atoms with E-state index >= 15 is 0 Å². The van der Waals surface area contributed by atoms with Gasteiger partial charge in [0.25, 0.3) is 0 Å². The Morgan fingerprint density at radius 2 is 1.00 bits per heavy atom. The quantitative estimate of drug-likeness (QED) is 0.482. The summed E-state index contributed by atoms with van der Waals surface area (Å²) >= 11 is 0.